The fraction of sp³-hybridized carbons (Fsp3) is 1.00. The number of alkyl halides is 3. The molecule has 0 bridgehead atoms. The molecule has 1 aliphatic carbocycles. The van der Waals surface area contributed by atoms with Crippen LogP contribution in [0.5, 0.6) is 0 Å². The fourth-order valence-electron chi connectivity index (χ4n) is 2.44. The Morgan fingerprint density at radius 2 is 1.63 bits per heavy atom. The van der Waals surface area contributed by atoms with Gasteiger partial charge in [0, 0.05) is 18.6 Å². The van der Waals surface area contributed by atoms with Crippen LogP contribution >= 0.6 is 0 Å². The van der Waals surface area contributed by atoms with Gasteiger partial charge in [0.15, 0.2) is 0 Å². The highest BCUT2D eigenvalue weighted by Crippen LogP contribution is 2.46. The number of hydrogen-bond acceptors (Lipinski definition) is 2. The highest BCUT2D eigenvalue weighted by Gasteiger charge is 2.45. The van der Waals surface area contributed by atoms with E-state index in [0.29, 0.717) is 13.1 Å². The number of halogens is 3. The van der Waals surface area contributed by atoms with Crippen molar-refractivity contribution in [3.8, 4) is 0 Å². The molecule has 0 aromatic rings. The molecule has 0 radical (unpaired) electrons. The first kappa shape index (κ1) is 16.8. The van der Waals surface area contributed by atoms with Crippen LogP contribution in [0.4, 0.5) is 13.2 Å². The van der Waals surface area contributed by atoms with Crippen molar-refractivity contribution in [1.82, 2.24) is 4.90 Å². The summed E-state index contributed by atoms with van der Waals surface area (Å²) >= 11 is 0. The molecule has 0 spiro atoms. The summed E-state index contributed by atoms with van der Waals surface area (Å²) in [6.45, 7) is 6.23. The Hall–Kier alpha value is -0.290. The molecule has 0 atom stereocenters. The first-order valence-corrected chi connectivity index (χ1v) is 7.27. The van der Waals surface area contributed by atoms with Gasteiger partial charge in [-0.15, -0.1) is 0 Å². The van der Waals surface area contributed by atoms with Gasteiger partial charge in [-0.05, 0) is 38.8 Å². The normalized spacial score (nSPS) is 23.7. The van der Waals surface area contributed by atoms with Crippen molar-refractivity contribution in [2.45, 2.75) is 52.1 Å². The molecule has 2 fully saturated rings. The van der Waals surface area contributed by atoms with Crippen LogP contribution in [0.1, 0.15) is 46.0 Å². The SMILES string of the molecule is CCC.OCC1(CN2CCC(C(F)(F)F)CC2)CC1. The molecule has 1 saturated heterocycles. The van der Waals surface area contributed by atoms with Gasteiger partial charge in [0.25, 0.3) is 0 Å². The maximum absolute atomic E-state index is 12.4. The second kappa shape index (κ2) is 6.93. The van der Waals surface area contributed by atoms with Crippen molar-refractivity contribution in [3.63, 3.8) is 0 Å². The van der Waals surface area contributed by atoms with Crippen molar-refractivity contribution in [1.29, 1.82) is 0 Å². The van der Waals surface area contributed by atoms with E-state index >= 15 is 0 Å². The predicted octanol–water partition coefficient (Wildman–Crippen LogP) is 3.45. The topological polar surface area (TPSA) is 23.5 Å². The summed E-state index contributed by atoms with van der Waals surface area (Å²) in [6, 6.07) is 0. The molecule has 2 nitrogen and oxygen atoms in total. The number of nitrogens with zero attached hydrogens (tertiary/aromatic N) is 1. The van der Waals surface area contributed by atoms with Gasteiger partial charge in [0.2, 0.25) is 0 Å². The van der Waals surface area contributed by atoms with Crippen molar-refractivity contribution in [2.24, 2.45) is 11.3 Å². The predicted molar refractivity (Wildman–Crippen MR) is 69.9 cm³/mol. The van der Waals surface area contributed by atoms with Gasteiger partial charge in [0.1, 0.15) is 0 Å². The first-order valence-electron chi connectivity index (χ1n) is 7.27. The number of piperidine rings is 1. The average molecular weight is 281 g/mol. The standard InChI is InChI=1S/C11H18F3NO.C3H8/c12-11(13,14)9-1-5-15(6-2-9)7-10(8-16)3-4-10;1-3-2/h9,16H,1-8H2;3H2,1-2H3. The summed E-state index contributed by atoms with van der Waals surface area (Å²) in [7, 11) is 0. The summed E-state index contributed by atoms with van der Waals surface area (Å²) in [4.78, 5) is 2.07. The zero-order valence-corrected chi connectivity index (χ0v) is 12.0. The van der Waals surface area contributed by atoms with E-state index in [4.69, 9.17) is 5.11 Å². The highest BCUT2D eigenvalue weighted by molar-refractivity contribution is 4.95. The summed E-state index contributed by atoms with van der Waals surface area (Å²) in [5.41, 5.74) is 0.0189. The number of aliphatic hydroxyl groups is 1. The second-order valence-corrected chi connectivity index (χ2v) is 5.96. The molecule has 0 aromatic heterocycles. The molecule has 1 aliphatic heterocycles. The Balaban J connectivity index is 0.000000550. The molecule has 1 saturated carbocycles. The minimum absolute atomic E-state index is 0.0189. The van der Waals surface area contributed by atoms with Gasteiger partial charge in [-0.1, -0.05) is 20.3 Å². The van der Waals surface area contributed by atoms with E-state index in [2.05, 4.69) is 18.7 Å². The Labute approximate surface area is 114 Å². The third-order valence-electron chi connectivity index (χ3n) is 3.90. The summed E-state index contributed by atoms with van der Waals surface area (Å²) < 4.78 is 37.3. The number of hydrogen-bond donors (Lipinski definition) is 1. The number of likely N-dealkylation sites (tertiary alicyclic amines) is 1. The lowest BCUT2D eigenvalue weighted by Crippen LogP contribution is -2.42. The minimum Gasteiger partial charge on any atom is -0.396 e. The van der Waals surface area contributed by atoms with Crippen molar-refractivity contribution >= 4 is 0 Å². The summed E-state index contributed by atoms with van der Waals surface area (Å²) in [5, 5.41) is 9.16. The van der Waals surface area contributed by atoms with E-state index < -0.39 is 12.1 Å². The fourth-order valence-corrected chi connectivity index (χ4v) is 2.44. The van der Waals surface area contributed by atoms with E-state index in [-0.39, 0.29) is 24.9 Å². The Morgan fingerprint density at radius 3 is 1.95 bits per heavy atom. The maximum Gasteiger partial charge on any atom is 0.391 e. The summed E-state index contributed by atoms with van der Waals surface area (Å²) in [5.74, 6) is -1.12. The van der Waals surface area contributed by atoms with Gasteiger partial charge < -0.3 is 10.0 Å². The van der Waals surface area contributed by atoms with Crippen molar-refractivity contribution < 1.29 is 18.3 Å². The van der Waals surface area contributed by atoms with Crippen LogP contribution in [0, 0.1) is 11.3 Å². The molecule has 2 rings (SSSR count). The van der Waals surface area contributed by atoms with E-state index in [1.807, 2.05) is 0 Å². The van der Waals surface area contributed by atoms with Gasteiger partial charge in [-0.3, -0.25) is 0 Å². The van der Waals surface area contributed by atoms with E-state index in [1.165, 1.54) is 6.42 Å². The van der Waals surface area contributed by atoms with Gasteiger partial charge in [0.05, 0.1) is 5.92 Å². The molecule has 1 N–H and O–H groups in total. The molecule has 19 heavy (non-hydrogen) atoms. The molecule has 5 heteroatoms. The van der Waals surface area contributed by atoms with Crippen molar-refractivity contribution in [2.75, 3.05) is 26.2 Å². The van der Waals surface area contributed by atoms with E-state index in [9.17, 15) is 13.2 Å². The van der Waals surface area contributed by atoms with E-state index in [1.54, 1.807) is 0 Å². The van der Waals surface area contributed by atoms with Crippen LogP contribution in [0.3, 0.4) is 0 Å². The lowest BCUT2D eigenvalue weighted by Gasteiger charge is -2.34. The van der Waals surface area contributed by atoms with Gasteiger partial charge >= 0.3 is 6.18 Å². The lowest BCUT2D eigenvalue weighted by atomic mass is 9.95. The van der Waals surface area contributed by atoms with Gasteiger partial charge in [-0.2, -0.15) is 13.2 Å². The molecular formula is C14H26F3NO. The monoisotopic (exact) mass is 281 g/mol. The molecule has 114 valence electrons. The Morgan fingerprint density at radius 1 is 1.16 bits per heavy atom. The van der Waals surface area contributed by atoms with Crippen LogP contribution in [-0.2, 0) is 0 Å². The summed E-state index contributed by atoms with van der Waals surface area (Å²) in [6.07, 6.45) is -0.318. The second-order valence-electron chi connectivity index (χ2n) is 5.96. The third kappa shape index (κ3) is 5.30. The minimum atomic E-state index is -4.03. The molecule has 1 heterocycles. The number of rotatable bonds is 3. The lowest BCUT2D eigenvalue weighted by molar-refractivity contribution is -0.185. The maximum atomic E-state index is 12.4. The molecule has 0 unspecified atom stereocenters. The van der Waals surface area contributed by atoms with Crippen LogP contribution < -0.4 is 0 Å². The highest BCUT2D eigenvalue weighted by atomic mass is 19.4. The molecule has 2 aliphatic rings. The van der Waals surface area contributed by atoms with Crippen LogP contribution in [0.25, 0.3) is 0 Å². The largest absolute Gasteiger partial charge is 0.396 e. The zero-order chi connectivity index (χ0) is 14.5. The molecule has 0 amide bonds. The van der Waals surface area contributed by atoms with Crippen LogP contribution in [0.2, 0.25) is 0 Å². The molecular weight excluding hydrogens is 255 g/mol. The van der Waals surface area contributed by atoms with Crippen LogP contribution in [0.15, 0.2) is 0 Å². The number of aliphatic hydroxyl groups excluding tert-OH is 1. The van der Waals surface area contributed by atoms with E-state index in [0.717, 1.165) is 19.4 Å². The van der Waals surface area contributed by atoms with Gasteiger partial charge in [-0.25, -0.2) is 0 Å². The smallest absolute Gasteiger partial charge is 0.391 e. The average Bonchev–Trinajstić information content (AvgIpc) is 3.10. The Bertz CT molecular complexity index is 256. The zero-order valence-electron chi connectivity index (χ0n) is 12.0. The molecule has 0 aromatic carbocycles. The van der Waals surface area contributed by atoms with Crippen molar-refractivity contribution in [3.05, 3.63) is 0 Å². The third-order valence-corrected chi connectivity index (χ3v) is 3.90. The quantitative estimate of drug-likeness (QED) is 0.856. The first-order chi connectivity index (χ1) is 8.87. The van der Waals surface area contributed by atoms with Crippen LogP contribution in [-0.4, -0.2) is 42.4 Å². The Kier molecular flexibility index (Phi) is 6.12.